The van der Waals surface area contributed by atoms with E-state index < -0.39 is 0 Å². The summed E-state index contributed by atoms with van der Waals surface area (Å²) in [4.78, 5) is 0. The van der Waals surface area contributed by atoms with Crippen LogP contribution < -0.4 is 4.74 Å². The third kappa shape index (κ3) is 2.52. The maximum atomic E-state index is 10.7. The number of rotatable bonds is 3. The number of ether oxygens (including phenoxy) is 1. The zero-order valence-corrected chi connectivity index (χ0v) is 15.3. The molecule has 0 saturated carbocycles. The molecular weight excluding hydrogens is 348 g/mol. The van der Waals surface area contributed by atoms with Crippen LogP contribution in [0.2, 0.25) is 0 Å². The van der Waals surface area contributed by atoms with Crippen LogP contribution in [-0.2, 0) is 0 Å². The topological polar surface area (TPSA) is 42.6 Å². The van der Waals surface area contributed by atoms with E-state index in [1.165, 1.54) is 0 Å². The minimum Gasteiger partial charge on any atom is -0.507 e. The van der Waals surface area contributed by atoms with Crippen LogP contribution in [0.1, 0.15) is 0 Å². The highest BCUT2D eigenvalue weighted by Crippen LogP contribution is 2.45. The van der Waals surface area contributed by atoms with E-state index >= 15 is 0 Å². The van der Waals surface area contributed by atoms with Gasteiger partial charge in [-0.2, -0.15) is 0 Å². The van der Waals surface area contributed by atoms with Crippen LogP contribution >= 0.6 is 0 Å². The molecule has 136 valence electrons. The summed E-state index contributed by atoms with van der Waals surface area (Å²) in [5.74, 6) is 0.807. The van der Waals surface area contributed by atoms with Crippen molar-refractivity contribution in [1.29, 1.82) is 0 Å². The molecule has 0 aliphatic carbocycles. The maximum Gasteiger partial charge on any atom is 0.136 e. The molecule has 0 aliphatic rings. The van der Waals surface area contributed by atoms with Gasteiger partial charge in [-0.25, -0.2) is 0 Å². The first-order valence-corrected chi connectivity index (χ1v) is 9.13. The molecule has 28 heavy (non-hydrogen) atoms. The van der Waals surface area contributed by atoms with E-state index in [1.807, 2.05) is 60.7 Å². The van der Waals surface area contributed by atoms with Gasteiger partial charge in [-0.3, -0.25) is 0 Å². The van der Waals surface area contributed by atoms with Gasteiger partial charge < -0.3 is 14.3 Å². The number of para-hydroxylation sites is 1. The fourth-order valence-electron chi connectivity index (χ4n) is 3.81. The summed E-state index contributed by atoms with van der Waals surface area (Å²) in [6.07, 6.45) is 0. The Morgan fingerprint density at radius 1 is 0.750 bits per heavy atom. The molecule has 0 saturated heterocycles. The number of hydrogen-bond acceptors (Lipinski definition) is 3. The highest BCUT2D eigenvalue weighted by Gasteiger charge is 2.19. The number of hydrogen-bond donors (Lipinski definition) is 1. The second kappa shape index (κ2) is 6.46. The van der Waals surface area contributed by atoms with Crippen molar-refractivity contribution in [3.8, 4) is 33.8 Å². The van der Waals surface area contributed by atoms with Crippen molar-refractivity contribution in [2.45, 2.75) is 0 Å². The van der Waals surface area contributed by atoms with E-state index in [9.17, 15) is 5.11 Å². The van der Waals surface area contributed by atoms with Gasteiger partial charge in [-0.05, 0) is 41.5 Å². The van der Waals surface area contributed by atoms with Crippen molar-refractivity contribution in [2.24, 2.45) is 0 Å². The van der Waals surface area contributed by atoms with E-state index in [0.717, 1.165) is 44.2 Å². The Bertz CT molecular complexity index is 1300. The van der Waals surface area contributed by atoms with Crippen LogP contribution in [0.4, 0.5) is 0 Å². The van der Waals surface area contributed by atoms with Crippen LogP contribution in [0.3, 0.4) is 0 Å². The van der Waals surface area contributed by atoms with Gasteiger partial charge >= 0.3 is 0 Å². The summed E-state index contributed by atoms with van der Waals surface area (Å²) < 4.78 is 11.3. The van der Waals surface area contributed by atoms with Crippen LogP contribution in [0.25, 0.3) is 44.2 Å². The van der Waals surface area contributed by atoms with Crippen LogP contribution in [0.5, 0.6) is 11.5 Å². The average molecular weight is 366 g/mol. The van der Waals surface area contributed by atoms with E-state index in [-0.39, 0.29) is 5.75 Å². The van der Waals surface area contributed by atoms with E-state index in [0.29, 0.717) is 5.75 Å². The number of fused-ring (bicyclic) bond motifs is 3. The van der Waals surface area contributed by atoms with Crippen LogP contribution in [0.15, 0.2) is 89.3 Å². The van der Waals surface area contributed by atoms with Crippen molar-refractivity contribution < 1.29 is 14.3 Å². The molecule has 4 aromatic carbocycles. The predicted octanol–water partition coefficient (Wildman–Crippen LogP) is 6.63. The molecule has 0 unspecified atom stereocenters. The molecule has 5 rings (SSSR count). The number of phenolic OH excluding ortho intramolecular Hbond substituents is 1. The minimum absolute atomic E-state index is 0.184. The van der Waals surface area contributed by atoms with E-state index in [1.54, 1.807) is 13.2 Å². The Morgan fingerprint density at radius 3 is 2.29 bits per heavy atom. The maximum absolute atomic E-state index is 10.7. The molecule has 5 aromatic rings. The van der Waals surface area contributed by atoms with Crippen LogP contribution in [-0.4, -0.2) is 12.2 Å². The second-order valence-electron chi connectivity index (χ2n) is 6.71. The highest BCUT2D eigenvalue weighted by atomic mass is 16.5. The lowest BCUT2D eigenvalue weighted by Gasteiger charge is -2.14. The van der Waals surface area contributed by atoms with Crippen molar-refractivity contribution in [3.63, 3.8) is 0 Å². The second-order valence-corrected chi connectivity index (χ2v) is 6.71. The molecule has 0 atom stereocenters. The van der Waals surface area contributed by atoms with Crippen molar-refractivity contribution in [1.82, 2.24) is 0 Å². The zero-order chi connectivity index (χ0) is 19.1. The number of methoxy groups -OCH3 is 1. The standard InChI is InChI=1S/C25H18O3/c1-27-17-11-12-18(21(26)15-17)19-13-14-23-25(20-9-5-6-10-22(20)28-23)24(19)16-7-3-2-4-8-16/h2-15,26H,1H3. The van der Waals surface area contributed by atoms with Gasteiger partial charge in [0.15, 0.2) is 0 Å². The Labute approximate surface area is 162 Å². The normalized spacial score (nSPS) is 11.2. The molecule has 1 N–H and O–H groups in total. The van der Waals surface area contributed by atoms with Gasteiger partial charge in [0.2, 0.25) is 0 Å². The SMILES string of the molecule is COc1ccc(-c2ccc3oc4ccccc4c3c2-c2ccccc2)c(O)c1. The molecule has 0 aliphatic heterocycles. The molecule has 0 radical (unpaired) electrons. The molecule has 3 nitrogen and oxygen atoms in total. The average Bonchev–Trinajstić information content (AvgIpc) is 3.12. The number of furan rings is 1. The van der Waals surface area contributed by atoms with Gasteiger partial charge in [0.05, 0.1) is 7.11 Å². The fourth-order valence-corrected chi connectivity index (χ4v) is 3.81. The summed E-state index contributed by atoms with van der Waals surface area (Å²) in [5.41, 5.74) is 5.51. The predicted molar refractivity (Wildman–Crippen MR) is 113 cm³/mol. The quantitative estimate of drug-likeness (QED) is 0.389. The molecule has 1 heterocycles. The van der Waals surface area contributed by atoms with Gasteiger partial charge in [0, 0.05) is 28.0 Å². The zero-order valence-electron chi connectivity index (χ0n) is 15.3. The Kier molecular flexibility index (Phi) is 3.80. The number of phenols is 1. The third-order valence-corrected chi connectivity index (χ3v) is 5.10. The molecule has 0 fully saturated rings. The Balaban J connectivity index is 1.91. The monoisotopic (exact) mass is 366 g/mol. The van der Waals surface area contributed by atoms with E-state index in [2.05, 4.69) is 18.2 Å². The molecule has 3 heteroatoms. The Hall–Kier alpha value is -3.72. The lowest BCUT2D eigenvalue weighted by molar-refractivity contribution is 0.408. The largest absolute Gasteiger partial charge is 0.507 e. The van der Waals surface area contributed by atoms with Gasteiger partial charge in [0.25, 0.3) is 0 Å². The third-order valence-electron chi connectivity index (χ3n) is 5.10. The molecule has 1 aromatic heterocycles. The lowest BCUT2D eigenvalue weighted by Crippen LogP contribution is -1.89. The van der Waals surface area contributed by atoms with E-state index in [4.69, 9.17) is 9.15 Å². The fraction of sp³-hybridized carbons (Fsp3) is 0.0400. The first-order valence-electron chi connectivity index (χ1n) is 9.13. The first-order chi connectivity index (χ1) is 13.8. The highest BCUT2D eigenvalue weighted by molar-refractivity contribution is 6.16. The molecule has 0 amide bonds. The first kappa shape index (κ1) is 16.5. The summed E-state index contributed by atoms with van der Waals surface area (Å²) in [5, 5.41) is 12.8. The summed E-state index contributed by atoms with van der Waals surface area (Å²) in [6.45, 7) is 0. The van der Waals surface area contributed by atoms with Crippen molar-refractivity contribution in [3.05, 3.63) is 84.9 Å². The van der Waals surface area contributed by atoms with Crippen molar-refractivity contribution in [2.75, 3.05) is 7.11 Å². The van der Waals surface area contributed by atoms with Gasteiger partial charge in [-0.15, -0.1) is 0 Å². The van der Waals surface area contributed by atoms with Crippen LogP contribution in [0, 0.1) is 0 Å². The number of benzene rings is 4. The summed E-state index contributed by atoms with van der Waals surface area (Å²) in [6, 6.07) is 27.6. The molecular formula is C25H18O3. The Morgan fingerprint density at radius 2 is 1.50 bits per heavy atom. The molecule has 0 spiro atoms. The van der Waals surface area contributed by atoms with Gasteiger partial charge in [-0.1, -0.05) is 48.5 Å². The molecule has 0 bridgehead atoms. The summed E-state index contributed by atoms with van der Waals surface area (Å²) in [7, 11) is 1.59. The van der Waals surface area contributed by atoms with Crippen molar-refractivity contribution >= 4 is 21.9 Å². The number of aromatic hydroxyl groups is 1. The summed E-state index contributed by atoms with van der Waals surface area (Å²) >= 11 is 0. The smallest absolute Gasteiger partial charge is 0.136 e. The minimum atomic E-state index is 0.184. The lowest BCUT2D eigenvalue weighted by atomic mass is 9.90. The van der Waals surface area contributed by atoms with Gasteiger partial charge in [0.1, 0.15) is 22.7 Å².